The van der Waals surface area contributed by atoms with Crippen LogP contribution in [0, 0.1) is 0 Å². The average Bonchev–Trinajstić information content (AvgIpc) is 3.29. The molecule has 0 aliphatic carbocycles. The number of esters is 1. The van der Waals surface area contributed by atoms with E-state index in [1.165, 1.54) is 0 Å². The number of carbonyl (C=O) groups excluding carboxylic acids is 1. The van der Waals surface area contributed by atoms with E-state index in [0.29, 0.717) is 37.7 Å². The van der Waals surface area contributed by atoms with Gasteiger partial charge in [-0.1, -0.05) is 6.07 Å². The lowest BCUT2D eigenvalue weighted by atomic mass is 10.2. The van der Waals surface area contributed by atoms with Gasteiger partial charge in [-0.05, 0) is 31.2 Å². The molecule has 4 heterocycles. The van der Waals surface area contributed by atoms with Gasteiger partial charge in [0.05, 0.1) is 29.9 Å². The molecule has 3 aromatic rings. The molecule has 1 aromatic carbocycles. The Hall–Kier alpha value is -3.43. The lowest BCUT2D eigenvalue weighted by Gasteiger charge is -2.34. The van der Waals surface area contributed by atoms with Gasteiger partial charge in [0.15, 0.2) is 11.5 Å². The summed E-state index contributed by atoms with van der Waals surface area (Å²) in [5.41, 5.74) is 3.21. The molecule has 9 heteroatoms. The first-order chi connectivity index (χ1) is 16.7. The first-order valence-corrected chi connectivity index (χ1v) is 11.7. The van der Waals surface area contributed by atoms with Crippen LogP contribution in [0.5, 0.6) is 11.5 Å². The van der Waals surface area contributed by atoms with Crippen molar-refractivity contribution < 1.29 is 19.0 Å². The third-order valence-electron chi connectivity index (χ3n) is 6.08. The largest absolute Gasteiger partial charge is 0.486 e. The number of fused-ring (bicyclic) bond motifs is 1. The van der Waals surface area contributed by atoms with Crippen LogP contribution in [0.2, 0.25) is 0 Å². The first kappa shape index (κ1) is 22.4. The zero-order valence-corrected chi connectivity index (χ0v) is 19.4. The number of ether oxygens (including phenoxy) is 3. The Balaban J connectivity index is 1.34. The highest BCUT2D eigenvalue weighted by Crippen LogP contribution is 2.32. The molecule has 0 radical (unpaired) electrons. The minimum absolute atomic E-state index is 0.319. The zero-order chi connectivity index (χ0) is 23.3. The number of hydrogen-bond acceptors (Lipinski definition) is 8. The van der Waals surface area contributed by atoms with Crippen molar-refractivity contribution in [1.29, 1.82) is 0 Å². The standard InChI is InChI=1S/C25H29N5O4/c1-2-32-25(31)21-16-27-30(20-6-7-23-24(15-20)34-14-13-33-23)22(21)18-29-11-9-28(10-12-29)17-19-5-3-4-8-26-19/h3-8,15-16H,2,9-14,17-18H2,1H3. The van der Waals surface area contributed by atoms with Crippen LogP contribution >= 0.6 is 0 Å². The zero-order valence-electron chi connectivity index (χ0n) is 19.4. The highest BCUT2D eigenvalue weighted by Gasteiger charge is 2.25. The number of aromatic nitrogens is 3. The minimum atomic E-state index is -0.352. The number of nitrogens with zero attached hydrogens (tertiary/aromatic N) is 5. The van der Waals surface area contributed by atoms with Crippen LogP contribution in [0.15, 0.2) is 48.8 Å². The molecule has 178 valence electrons. The Bertz CT molecular complexity index is 1130. The van der Waals surface area contributed by atoms with Crippen molar-refractivity contribution in [3.05, 3.63) is 65.7 Å². The van der Waals surface area contributed by atoms with Crippen molar-refractivity contribution >= 4 is 5.97 Å². The van der Waals surface area contributed by atoms with E-state index < -0.39 is 0 Å². The van der Waals surface area contributed by atoms with Crippen LogP contribution in [-0.2, 0) is 17.8 Å². The van der Waals surface area contributed by atoms with Crippen LogP contribution in [0.4, 0.5) is 0 Å². The molecule has 1 saturated heterocycles. The fraction of sp³-hybridized carbons (Fsp3) is 0.400. The average molecular weight is 464 g/mol. The predicted octanol–water partition coefficient (Wildman–Crippen LogP) is 2.53. The Morgan fingerprint density at radius 2 is 1.76 bits per heavy atom. The molecule has 9 nitrogen and oxygen atoms in total. The summed E-state index contributed by atoms with van der Waals surface area (Å²) in [6.07, 6.45) is 3.43. The molecule has 34 heavy (non-hydrogen) atoms. The summed E-state index contributed by atoms with van der Waals surface area (Å²) in [6.45, 7) is 8.27. The highest BCUT2D eigenvalue weighted by molar-refractivity contribution is 5.90. The van der Waals surface area contributed by atoms with Crippen molar-refractivity contribution in [1.82, 2.24) is 24.6 Å². The topological polar surface area (TPSA) is 81.9 Å². The summed E-state index contributed by atoms with van der Waals surface area (Å²) in [4.78, 5) is 21.9. The van der Waals surface area contributed by atoms with E-state index in [0.717, 1.165) is 55.5 Å². The molecule has 5 rings (SSSR count). The fourth-order valence-corrected chi connectivity index (χ4v) is 4.33. The first-order valence-electron chi connectivity index (χ1n) is 11.7. The Morgan fingerprint density at radius 1 is 1.00 bits per heavy atom. The van der Waals surface area contributed by atoms with E-state index in [1.54, 1.807) is 6.20 Å². The van der Waals surface area contributed by atoms with E-state index in [1.807, 2.05) is 48.1 Å². The Morgan fingerprint density at radius 3 is 2.50 bits per heavy atom. The summed E-state index contributed by atoms with van der Waals surface area (Å²) in [5, 5.41) is 4.55. The third kappa shape index (κ3) is 4.90. The van der Waals surface area contributed by atoms with Crippen LogP contribution in [0.25, 0.3) is 5.69 Å². The van der Waals surface area contributed by atoms with Gasteiger partial charge in [0.1, 0.15) is 18.8 Å². The van der Waals surface area contributed by atoms with Gasteiger partial charge in [-0.2, -0.15) is 5.10 Å². The van der Waals surface area contributed by atoms with Crippen molar-refractivity contribution in [2.45, 2.75) is 20.0 Å². The molecule has 0 N–H and O–H groups in total. The van der Waals surface area contributed by atoms with Gasteiger partial charge in [0, 0.05) is 51.5 Å². The van der Waals surface area contributed by atoms with Gasteiger partial charge in [-0.3, -0.25) is 14.8 Å². The number of piperazine rings is 1. The smallest absolute Gasteiger partial charge is 0.341 e. The molecule has 1 fully saturated rings. The summed E-state index contributed by atoms with van der Waals surface area (Å²) < 4.78 is 18.5. The van der Waals surface area contributed by atoms with Gasteiger partial charge in [-0.25, -0.2) is 9.48 Å². The normalized spacial score (nSPS) is 16.4. The molecular formula is C25H29N5O4. The van der Waals surface area contributed by atoms with E-state index in [2.05, 4.69) is 25.9 Å². The molecule has 0 amide bonds. The predicted molar refractivity (Wildman–Crippen MR) is 125 cm³/mol. The number of pyridine rings is 1. The van der Waals surface area contributed by atoms with Crippen LogP contribution < -0.4 is 9.47 Å². The maximum Gasteiger partial charge on any atom is 0.341 e. The molecule has 0 saturated carbocycles. The lowest BCUT2D eigenvalue weighted by Crippen LogP contribution is -2.45. The SMILES string of the molecule is CCOC(=O)c1cnn(-c2ccc3c(c2)OCCO3)c1CN1CCN(Cc2ccccn2)CC1. The molecule has 2 aliphatic rings. The monoisotopic (exact) mass is 463 g/mol. The second-order valence-electron chi connectivity index (χ2n) is 8.34. The fourth-order valence-electron chi connectivity index (χ4n) is 4.33. The minimum Gasteiger partial charge on any atom is -0.486 e. The van der Waals surface area contributed by atoms with Gasteiger partial charge < -0.3 is 14.2 Å². The molecule has 0 atom stereocenters. The number of benzene rings is 1. The third-order valence-corrected chi connectivity index (χ3v) is 6.08. The maximum atomic E-state index is 12.7. The van der Waals surface area contributed by atoms with E-state index in [-0.39, 0.29) is 5.97 Å². The Labute approximate surface area is 198 Å². The van der Waals surface area contributed by atoms with Crippen molar-refractivity contribution in [2.75, 3.05) is 46.0 Å². The van der Waals surface area contributed by atoms with E-state index in [4.69, 9.17) is 14.2 Å². The number of hydrogen-bond donors (Lipinski definition) is 0. The van der Waals surface area contributed by atoms with Gasteiger partial charge >= 0.3 is 5.97 Å². The van der Waals surface area contributed by atoms with Crippen LogP contribution in [0.1, 0.15) is 28.7 Å². The van der Waals surface area contributed by atoms with Crippen molar-refractivity contribution in [3.63, 3.8) is 0 Å². The lowest BCUT2D eigenvalue weighted by molar-refractivity contribution is 0.0522. The number of rotatable bonds is 7. The van der Waals surface area contributed by atoms with Crippen molar-refractivity contribution in [2.24, 2.45) is 0 Å². The molecule has 2 aromatic heterocycles. The molecule has 0 bridgehead atoms. The highest BCUT2D eigenvalue weighted by atomic mass is 16.6. The van der Waals surface area contributed by atoms with Gasteiger partial charge in [-0.15, -0.1) is 0 Å². The molecule has 0 unspecified atom stereocenters. The van der Waals surface area contributed by atoms with E-state index >= 15 is 0 Å². The summed E-state index contributed by atoms with van der Waals surface area (Å²) in [5.74, 6) is 1.06. The quantitative estimate of drug-likeness (QED) is 0.495. The molecular weight excluding hydrogens is 434 g/mol. The van der Waals surface area contributed by atoms with Crippen molar-refractivity contribution in [3.8, 4) is 17.2 Å². The Kier molecular flexibility index (Phi) is 6.73. The summed E-state index contributed by atoms with van der Waals surface area (Å²) in [7, 11) is 0. The van der Waals surface area contributed by atoms with Crippen LogP contribution in [-0.4, -0.2) is 76.5 Å². The summed E-state index contributed by atoms with van der Waals surface area (Å²) >= 11 is 0. The summed E-state index contributed by atoms with van der Waals surface area (Å²) in [6, 6.07) is 11.7. The number of carbonyl (C=O) groups is 1. The van der Waals surface area contributed by atoms with Gasteiger partial charge in [0.2, 0.25) is 0 Å². The van der Waals surface area contributed by atoms with Gasteiger partial charge in [0.25, 0.3) is 0 Å². The second kappa shape index (κ2) is 10.2. The van der Waals surface area contributed by atoms with Crippen LogP contribution in [0.3, 0.4) is 0 Å². The second-order valence-corrected chi connectivity index (χ2v) is 8.34. The maximum absolute atomic E-state index is 12.7. The molecule has 2 aliphatic heterocycles. The molecule has 0 spiro atoms. The van der Waals surface area contributed by atoms with E-state index in [9.17, 15) is 4.79 Å².